The molecule has 0 saturated heterocycles. The summed E-state index contributed by atoms with van der Waals surface area (Å²) in [4.78, 5) is 8.49. The number of hydrogen-bond donors (Lipinski definition) is 0. The van der Waals surface area contributed by atoms with E-state index in [1.807, 2.05) is 84.9 Å². The molecule has 0 bridgehead atoms. The number of rotatable bonds is 3. The second-order valence-corrected chi connectivity index (χ2v) is 6.79. The number of halogens is 2. The van der Waals surface area contributed by atoms with Crippen molar-refractivity contribution in [3.8, 4) is 33.6 Å². The van der Waals surface area contributed by atoms with Gasteiger partial charge in [-0.3, -0.25) is 4.39 Å². The topological polar surface area (TPSA) is 25.8 Å². The maximum Gasteiger partial charge on any atom is 0.0751 e. The molecule has 2 heterocycles. The number of nitrogens with zero attached hydrogens (tertiary/aromatic N) is 2. The predicted molar refractivity (Wildman–Crippen MR) is 122 cm³/mol. The summed E-state index contributed by atoms with van der Waals surface area (Å²) in [5.41, 5.74) is 4.85. The molecule has 5 aromatic rings. The van der Waals surface area contributed by atoms with Crippen LogP contribution in [0.2, 0.25) is 0 Å². The van der Waals surface area contributed by atoms with E-state index < -0.39 is 11.6 Å². The van der Waals surface area contributed by atoms with Gasteiger partial charge < -0.3 is 9.97 Å². The zero-order valence-corrected chi connectivity index (χ0v) is 19.8. The van der Waals surface area contributed by atoms with Crippen LogP contribution in [0.4, 0.5) is 8.78 Å². The van der Waals surface area contributed by atoms with Crippen molar-refractivity contribution in [2.45, 2.75) is 0 Å². The van der Waals surface area contributed by atoms with Gasteiger partial charge in [-0.25, -0.2) is 4.39 Å². The molecule has 0 atom stereocenters. The van der Waals surface area contributed by atoms with Crippen LogP contribution < -0.4 is 0 Å². The summed E-state index contributed by atoms with van der Waals surface area (Å²) in [6, 6.07) is 35.1. The summed E-state index contributed by atoms with van der Waals surface area (Å²) < 4.78 is 26.4. The van der Waals surface area contributed by atoms with Crippen LogP contribution in [-0.4, -0.2) is 9.97 Å². The molecule has 0 saturated carbocycles. The standard InChI is InChI=1S/C17H10F2N.C11H8N.Ir/c18-15-9-8-13(11-16(15)19)17-14(7-4-10-20-17)12-5-2-1-3-6-12;1-2-6-10(7-3-1)11-8-4-5-9-12-11;/h1-10H;1-6,8-9H;/q2*-1;. The molecule has 0 aliphatic heterocycles. The summed E-state index contributed by atoms with van der Waals surface area (Å²) in [6.45, 7) is 0. The first-order chi connectivity index (χ1) is 15.7. The molecule has 0 unspecified atom stereocenters. The van der Waals surface area contributed by atoms with Gasteiger partial charge in [0.1, 0.15) is 0 Å². The predicted octanol–water partition coefficient (Wildman–Crippen LogP) is 7.04. The third-order valence-corrected chi connectivity index (χ3v) is 4.65. The van der Waals surface area contributed by atoms with Gasteiger partial charge in [-0.1, -0.05) is 48.5 Å². The van der Waals surface area contributed by atoms with Crippen molar-refractivity contribution < 1.29 is 28.9 Å². The first-order valence-corrected chi connectivity index (χ1v) is 9.98. The van der Waals surface area contributed by atoms with E-state index in [0.717, 1.165) is 28.5 Å². The van der Waals surface area contributed by atoms with Crippen molar-refractivity contribution in [2.24, 2.45) is 0 Å². The average molecular weight is 613 g/mol. The van der Waals surface area contributed by atoms with E-state index in [1.54, 1.807) is 12.4 Å². The first-order valence-electron chi connectivity index (χ1n) is 9.98. The molecular formula is C28H18F2IrN2-2. The minimum absolute atomic E-state index is 0. The zero-order valence-electron chi connectivity index (χ0n) is 17.4. The second-order valence-electron chi connectivity index (χ2n) is 6.79. The van der Waals surface area contributed by atoms with Crippen LogP contribution in [0.3, 0.4) is 0 Å². The molecule has 0 spiro atoms. The molecular weight excluding hydrogens is 595 g/mol. The molecule has 1 radical (unpaired) electrons. The SMILES string of the molecule is Fc1[c-]c(-c2ncccc2-c2ccccc2)ccc1F.[Ir].[c-]1ccccc1-c1ccccn1. The molecule has 0 N–H and O–H groups in total. The number of aromatic nitrogens is 2. The van der Waals surface area contributed by atoms with E-state index in [-0.39, 0.29) is 20.1 Å². The quantitative estimate of drug-likeness (QED) is 0.204. The van der Waals surface area contributed by atoms with E-state index >= 15 is 0 Å². The number of benzene rings is 3. The summed E-state index contributed by atoms with van der Waals surface area (Å²) in [5.74, 6) is -1.90. The van der Waals surface area contributed by atoms with Crippen molar-refractivity contribution in [3.63, 3.8) is 0 Å². The molecule has 3 aromatic carbocycles. The van der Waals surface area contributed by atoms with Crippen molar-refractivity contribution in [3.05, 3.63) is 133 Å². The van der Waals surface area contributed by atoms with Gasteiger partial charge in [-0.05, 0) is 34.6 Å². The van der Waals surface area contributed by atoms with Gasteiger partial charge in [0.05, 0.1) is 11.6 Å². The smallest absolute Gasteiger partial charge is 0.0751 e. The van der Waals surface area contributed by atoms with Gasteiger partial charge in [-0.15, -0.1) is 59.7 Å². The summed E-state index contributed by atoms with van der Waals surface area (Å²) >= 11 is 0. The molecule has 0 aliphatic carbocycles. The van der Waals surface area contributed by atoms with E-state index in [2.05, 4.69) is 22.1 Å². The Morgan fingerprint density at radius 3 is 2.09 bits per heavy atom. The molecule has 2 aromatic heterocycles. The molecule has 33 heavy (non-hydrogen) atoms. The largest absolute Gasteiger partial charge is 0.305 e. The normalized spacial score (nSPS) is 9.88. The zero-order chi connectivity index (χ0) is 22.2. The van der Waals surface area contributed by atoms with Gasteiger partial charge in [-0.2, -0.15) is 0 Å². The molecule has 0 fully saturated rings. The maximum absolute atomic E-state index is 13.3. The van der Waals surface area contributed by atoms with Crippen molar-refractivity contribution >= 4 is 0 Å². The Labute approximate surface area is 205 Å². The van der Waals surface area contributed by atoms with Crippen LogP contribution >= 0.6 is 0 Å². The number of hydrogen-bond acceptors (Lipinski definition) is 2. The Kier molecular flexibility index (Phi) is 8.70. The molecule has 0 amide bonds. The fourth-order valence-electron chi connectivity index (χ4n) is 3.13. The fraction of sp³-hybridized carbons (Fsp3) is 0. The van der Waals surface area contributed by atoms with Crippen LogP contribution in [-0.2, 0) is 20.1 Å². The van der Waals surface area contributed by atoms with Gasteiger partial charge in [0.2, 0.25) is 0 Å². The van der Waals surface area contributed by atoms with Crippen molar-refractivity contribution in [1.82, 2.24) is 9.97 Å². The van der Waals surface area contributed by atoms with Crippen molar-refractivity contribution in [2.75, 3.05) is 0 Å². The van der Waals surface area contributed by atoms with Gasteiger partial charge in [0.25, 0.3) is 0 Å². The van der Waals surface area contributed by atoms with Crippen LogP contribution in [0, 0.1) is 23.8 Å². The second kappa shape index (κ2) is 11.9. The Morgan fingerprint density at radius 2 is 1.39 bits per heavy atom. The molecule has 5 rings (SSSR count). The van der Waals surface area contributed by atoms with Crippen LogP contribution in [0.5, 0.6) is 0 Å². The fourth-order valence-corrected chi connectivity index (χ4v) is 3.13. The monoisotopic (exact) mass is 613 g/mol. The van der Waals surface area contributed by atoms with Crippen LogP contribution in [0.15, 0.2) is 109 Å². The third-order valence-electron chi connectivity index (χ3n) is 4.65. The Bertz CT molecular complexity index is 1240. The minimum Gasteiger partial charge on any atom is -0.305 e. The summed E-state index contributed by atoms with van der Waals surface area (Å²) in [6.07, 6.45) is 3.41. The van der Waals surface area contributed by atoms with Gasteiger partial charge in [0, 0.05) is 32.5 Å². The van der Waals surface area contributed by atoms with Crippen molar-refractivity contribution in [1.29, 1.82) is 0 Å². The Balaban J connectivity index is 0.000000202. The van der Waals surface area contributed by atoms with Crippen LogP contribution in [0.25, 0.3) is 33.6 Å². The Morgan fingerprint density at radius 1 is 0.636 bits per heavy atom. The van der Waals surface area contributed by atoms with Gasteiger partial charge in [0.15, 0.2) is 0 Å². The van der Waals surface area contributed by atoms with E-state index in [0.29, 0.717) is 11.3 Å². The van der Waals surface area contributed by atoms with E-state index in [1.165, 1.54) is 6.07 Å². The van der Waals surface area contributed by atoms with E-state index in [4.69, 9.17) is 0 Å². The average Bonchev–Trinajstić information content (AvgIpc) is 2.88. The van der Waals surface area contributed by atoms with E-state index in [9.17, 15) is 8.78 Å². The minimum atomic E-state index is -0.993. The third kappa shape index (κ3) is 6.26. The van der Waals surface area contributed by atoms with Gasteiger partial charge >= 0.3 is 0 Å². The summed E-state index contributed by atoms with van der Waals surface area (Å²) in [5, 5.41) is 0. The number of pyridine rings is 2. The first kappa shape index (κ1) is 24.1. The maximum atomic E-state index is 13.3. The molecule has 5 heteroatoms. The molecule has 2 nitrogen and oxygen atoms in total. The molecule has 0 aliphatic rings. The summed E-state index contributed by atoms with van der Waals surface area (Å²) in [7, 11) is 0. The molecule has 165 valence electrons. The Hall–Kier alpha value is -3.53. The van der Waals surface area contributed by atoms with Crippen LogP contribution in [0.1, 0.15) is 0 Å².